The van der Waals surface area contributed by atoms with Crippen LogP contribution in [0.25, 0.3) is 0 Å². The predicted molar refractivity (Wildman–Crippen MR) is 63.5 cm³/mol. The number of aliphatic hydroxyl groups excluding tert-OH is 2. The molecule has 0 heterocycles. The fraction of sp³-hybridized carbons (Fsp3) is 1.00. The van der Waals surface area contributed by atoms with Gasteiger partial charge in [0.2, 0.25) is 0 Å². The summed E-state index contributed by atoms with van der Waals surface area (Å²) in [6.07, 6.45) is 0. The molecule has 0 aromatic rings. The molecule has 0 aliphatic carbocycles. The highest BCUT2D eigenvalue weighted by Crippen LogP contribution is 2.25. The predicted octanol–water partition coefficient (Wildman–Crippen LogP) is -1.33. The molecular weight excluding hydrogens is 253 g/mol. The first kappa shape index (κ1) is 22.2. The zero-order valence-corrected chi connectivity index (χ0v) is 11.1. The Labute approximate surface area is 101 Å². The lowest BCUT2D eigenvalue weighted by molar-refractivity contribution is 0.162. The molecule has 0 saturated carbocycles. The minimum atomic E-state index is -4.64. The summed E-state index contributed by atoms with van der Waals surface area (Å²) in [4.78, 5) is 21.6. The summed E-state index contributed by atoms with van der Waals surface area (Å²) in [6, 6.07) is 0. The van der Waals surface area contributed by atoms with Gasteiger partial charge in [0, 0.05) is 26.3 Å². The quantitative estimate of drug-likeness (QED) is 0.259. The van der Waals surface area contributed by atoms with Crippen molar-refractivity contribution in [1.29, 1.82) is 0 Å². The number of hydrogen-bond donors (Lipinski definition) is 6. The average Bonchev–Trinajstić information content (AvgIpc) is 2.18. The van der Waals surface area contributed by atoms with Crippen LogP contribution >= 0.6 is 7.82 Å². The van der Waals surface area contributed by atoms with E-state index in [4.69, 9.17) is 34.2 Å². The van der Waals surface area contributed by atoms with E-state index in [1.165, 1.54) is 0 Å². The maximum atomic E-state index is 8.88. The van der Waals surface area contributed by atoms with Crippen molar-refractivity contribution in [2.45, 2.75) is 13.8 Å². The van der Waals surface area contributed by atoms with E-state index in [0.717, 1.165) is 13.2 Å². The van der Waals surface area contributed by atoms with E-state index in [2.05, 4.69) is 5.32 Å². The van der Waals surface area contributed by atoms with Gasteiger partial charge in [0.05, 0.1) is 13.2 Å². The Hall–Kier alpha value is -0.0500. The van der Waals surface area contributed by atoms with Crippen molar-refractivity contribution in [3.63, 3.8) is 0 Å². The number of nitrogens with one attached hydrogen (secondary N) is 1. The summed E-state index contributed by atoms with van der Waals surface area (Å²) in [5, 5.41) is 19.1. The molecule has 0 saturated heterocycles. The maximum Gasteiger partial charge on any atom is 0.466 e. The van der Waals surface area contributed by atoms with Crippen molar-refractivity contribution in [2.75, 3.05) is 39.5 Å². The van der Waals surface area contributed by atoms with Gasteiger partial charge in [0.15, 0.2) is 0 Å². The Balaban J connectivity index is -0.000000177. The summed E-state index contributed by atoms with van der Waals surface area (Å²) in [6.45, 7) is 7.08. The monoisotopic (exact) mass is 277 g/mol. The van der Waals surface area contributed by atoms with E-state index in [-0.39, 0.29) is 13.2 Å². The van der Waals surface area contributed by atoms with Crippen LogP contribution < -0.4 is 5.32 Å². The second-order valence-electron chi connectivity index (χ2n) is 2.49. The van der Waals surface area contributed by atoms with Gasteiger partial charge in [-0.3, -0.25) is 0 Å². The SMILES string of the molecule is CCOCC.O=P(O)(O)O.OCCNCCO. The first-order valence-corrected chi connectivity index (χ1v) is 6.68. The normalized spacial score (nSPS) is 9.82. The van der Waals surface area contributed by atoms with Crippen molar-refractivity contribution >= 4 is 7.82 Å². The Bertz CT molecular complexity index is 150. The molecule has 0 radical (unpaired) electrons. The number of rotatable bonds is 6. The van der Waals surface area contributed by atoms with Gasteiger partial charge in [-0.2, -0.15) is 0 Å². The minimum absolute atomic E-state index is 0.139. The van der Waals surface area contributed by atoms with Gasteiger partial charge in [-0.25, -0.2) is 4.57 Å². The first-order chi connectivity index (χ1) is 7.83. The van der Waals surface area contributed by atoms with Crippen LogP contribution in [0.5, 0.6) is 0 Å². The van der Waals surface area contributed by atoms with Crippen molar-refractivity contribution in [3.05, 3.63) is 0 Å². The largest absolute Gasteiger partial charge is 0.466 e. The van der Waals surface area contributed by atoms with E-state index in [0.29, 0.717) is 13.1 Å². The Morgan fingerprint density at radius 2 is 1.29 bits per heavy atom. The third-order valence-electron chi connectivity index (χ3n) is 0.985. The lowest BCUT2D eigenvalue weighted by Gasteiger charge is -1.94. The Kier molecular flexibility index (Phi) is 23.9. The van der Waals surface area contributed by atoms with Crippen LogP contribution in [0, 0.1) is 0 Å². The highest BCUT2D eigenvalue weighted by Gasteiger charge is 2.00. The van der Waals surface area contributed by atoms with Crippen LogP contribution in [0.3, 0.4) is 0 Å². The molecule has 9 heteroatoms. The molecule has 108 valence electrons. The molecule has 0 fully saturated rings. The number of phosphoric acid groups is 1. The molecule has 17 heavy (non-hydrogen) atoms. The highest BCUT2D eigenvalue weighted by atomic mass is 31.2. The van der Waals surface area contributed by atoms with Gasteiger partial charge in [-0.15, -0.1) is 0 Å². The summed E-state index contributed by atoms with van der Waals surface area (Å²) >= 11 is 0. The molecule has 0 aliphatic heterocycles. The number of aliphatic hydroxyl groups is 2. The van der Waals surface area contributed by atoms with Crippen LogP contribution in [-0.4, -0.2) is 64.4 Å². The molecule has 6 N–H and O–H groups in total. The number of hydrogen-bond acceptors (Lipinski definition) is 5. The molecule has 8 nitrogen and oxygen atoms in total. The second-order valence-corrected chi connectivity index (χ2v) is 3.52. The van der Waals surface area contributed by atoms with Crippen molar-refractivity contribution in [1.82, 2.24) is 5.32 Å². The zero-order valence-electron chi connectivity index (χ0n) is 10.2. The lowest BCUT2D eigenvalue weighted by atomic mass is 10.6. The molecule has 0 aromatic heterocycles. The molecule has 0 spiro atoms. The molecule has 0 unspecified atom stereocenters. The van der Waals surface area contributed by atoms with Crippen LogP contribution in [0.15, 0.2) is 0 Å². The fourth-order valence-electron chi connectivity index (χ4n) is 0.487. The molecular formula is C8H24NO7P. The summed E-state index contributed by atoms with van der Waals surface area (Å²) in [5.41, 5.74) is 0. The molecule has 0 amide bonds. The fourth-order valence-corrected chi connectivity index (χ4v) is 0.487. The first-order valence-electron chi connectivity index (χ1n) is 5.11. The molecule has 0 rings (SSSR count). The summed E-state index contributed by atoms with van der Waals surface area (Å²) in [5.74, 6) is 0. The molecule has 0 atom stereocenters. The Morgan fingerprint density at radius 3 is 1.41 bits per heavy atom. The van der Waals surface area contributed by atoms with Crippen LogP contribution in [0.4, 0.5) is 0 Å². The van der Waals surface area contributed by atoms with Crippen LogP contribution in [0.2, 0.25) is 0 Å². The van der Waals surface area contributed by atoms with Gasteiger partial charge in [0.25, 0.3) is 0 Å². The summed E-state index contributed by atoms with van der Waals surface area (Å²) in [7, 11) is -4.64. The van der Waals surface area contributed by atoms with Gasteiger partial charge in [-0.05, 0) is 13.8 Å². The van der Waals surface area contributed by atoms with Crippen molar-refractivity contribution in [2.24, 2.45) is 0 Å². The Morgan fingerprint density at radius 1 is 1.00 bits per heavy atom. The number of ether oxygens (including phenoxy) is 1. The zero-order chi connectivity index (χ0) is 14.2. The van der Waals surface area contributed by atoms with E-state index in [9.17, 15) is 0 Å². The van der Waals surface area contributed by atoms with E-state index >= 15 is 0 Å². The van der Waals surface area contributed by atoms with Gasteiger partial charge >= 0.3 is 7.82 Å². The van der Waals surface area contributed by atoms with Crippen molar-refractivity contribution in [3.8, 4) is 0 Å². The van der Waals surface area contributed by atoms with E-state index < -0.39 is 7.82 Å². The van der Waals surface area contributed by atoms with Gasteiger partial charge < -0.3 is 34.9 Å². The van der Waals surface area contributed by atoms with E-state index in [1.54, 1.807) is 0 Å². The molecule has 0 aliphatic rings. The highest BCUT2D eigenvalue weighted by molar-refractivity contribution is 7.45. The average molecular weight is 277 g/mol. The molecule has 0 aromatic carbocycles. The second kappa shape index (κ2) is 18.3. The minimum Gasteiger partial charge on any atom is -0.395 e. The van der Waals surface area contributed by atoms with Crippen LogP contribution in [-0.2, 0) is 9.30 Å². The third-order valence-corrected chi connectivity index (χ3v) is 0.985. The lowest BCUT2D eigenvalue weighted by Crippen LogP contribution is -2.21. The summed E-state index contributed by atoms with van der Waals surface area (Å²) < 4.78 is 13.7. The topological polar surface area (TPSA) is 139 Å². The van der Waals surface area contributed by atoms with Crippen molar-refractivity contribution < 1.29 is 34.2 Å². The maximum absolute atomic E-state index is 8.88. The van der Waals surface area contributed by atoms with Gasteiger partial charge in [-0.1, -0.05) is 0 Å². The van der Waals surface area contributed by atoms with Gasteiger partial charge in [0.1, 0.15) is 0 Å². The van der Waals surface area contributed by atoms with E-state index in [1.807, 2.05) is 13.8 Å². The molecule has 0 bridgehead atoms. The third kappa shape index (κ3) is 87.7. The standard InChI is InChI=1S/C4H11NO2.C4H10O.H3O4P/c6-3-1-5-2-4-7;1-3-5-4-2;1-5(2,3)4/h5-7H,1-4H2;3-4H2,1-2H3;(H3,1,2,3,4). The smallest absolute Gasteiger partial charge is 0.395 e. The van der Waals surface area contributed by atoms with Crippen LogP contribution in [0.1, 0.15) is 13.8 Å².